The van der Waals surface area contributed by atoms with Crippen LogP contribution in [-0.2, 0) is 14.5 Å². The summed E-state index contributed by atoms with van der Waals surface area (Å²) in [6.45, 7) is 8.84. The average molecular weight is 326 g/mol. The molecule has 0 radical (unpaired) electrons. The van der Waals surface area contributed by atoms with Gasteiger partial charge in [0.15, 0.2) is 0 Å². The van der Waals surface area contributed by atoms with Crippen molar-refractivity contribution in [3.63, 3.8) is 0 Å². The van der Waals surface area contributed by atoms with Crippen LogP contribution in [0.2, 0.25) is 0 Å². The molecule has 1 aromatic rings. The fourth-order valence-electron chi connectivity index (χ4n) is 2.34. The summed E-state index contributed by atoms with van der Waals surface area (Å²) in [6, 6.07) is 0. The maximum Gasteiger partial charge on any atom is 0.225 e. The van der Waals surface area contributed by atoms with Gasteiger partial charge in [0.25, 0.3) is 0 Å². The summed E-state index contributed by atoms with van der Waals surface area (Å²) in [4.78, 5) is 11.0. The molecule has 1 saturated heterocycles. The van der Waals surface area contributed by atoms with Crippen molar-refractivity contribution in [3.05, 3.63) is 12.4 Å². The van der Waals surface area contributed by atoms with Gasteiger partial charge in [-0.3, -0.25) is 0 Å². The summed E-state index contributed by atoms with van der Waals surface area (Å²) >= 11 is 0. The summed E-state index contributed by atoms with van der Waals surface area (Å²) in [7, 11) is -2.74. The Kier molecular flexibility index (Phi) is 5.07. The Morgan fingerprint density at radius 2 is 1.86 bits per heavy atom. The van der Waals surface area contributed by atoms with Crippen molar-refractivity contribution >= 4 is 15.7 Å². The number of hydrogen-bond donors (Lipinski definition) is 1. The van der Waals surface area contributed by atoms with E-state index in [9.17, 15) is 4.21 Å². The minimum atomic E-state index is -2.74. The maximum atomic E-state index is 11.6. The van der Waals surface area contributed by atoms with Gasteiger partial charge in [-0.05, 0) is 39.5 Å². The molecule has 1 fully saturated rings. The second kappa shape index (κ2) is 6.50. The van der Waals surface area contributed by atoms with Crippen molar-refractivity contribution in [2.45, 2.75) is 44.1 Å². The monoisotopic (exact) mass is 326 g/mol. The van der Waals surface area contributed by atoms with E-state index in [0.29, 0.717) is 16.8 Å². The van der Waals surface area contributed by atoms with E-state index in [0.717, 1.165) is 32.5 Å². The maximum absolute atomic E-state index is 11.6. The van der Waals surface area contributed by atoms with Crippen LogP contribution in [0.3, 0.4) is 0 Å². The third-order valence-corrected chi connectivity index (χ3v) is 4.82. The first-order valence-electron chi connectivity index (χ1n) is 7.60. The van der Waals surface area contributed by atoms with Crippen molar-refractivity contribution in [1.82, 2.24) is 9.97 Å². The van der Waals surface area contributed by atoms with Crippen LogP contribution in [0.15, 0.2) is 17.3 Å². The Bertz CT molecular complexity index is 585. The van der Waals surface area contributed by atoms with Crippen molar-refractivity contribution in [2.24, 2.45) is 5.92 Å². The molecule has 22 heavy (non-hydrogen) atoms. The van der Waals surface area contributed by atoms with Gasteiger partial charge in [-0.1, -0.05) is 0 Å². The Labute approximate surface area is 133 Å². The largest absolute Gasteiger partial charge is 0.376 e. The Balaban J connectivity index is 1.89. The molecule has 0 amide bonds. The van der Waals surface area contributed by atoms with Crippen LogP contribution in [0.25, 0.3) is 0 Å². The van der Waals surface area contributed by atoms with Crippen LogP contribution in [-0.4, -0.2) is 45.7 Å². The SMILES string of the molecule is CC(C)(C)OCC1CCN(c2ncc(S(C)(=N)=O)cn2)CC1. The smallest absolute Gasteiger partial charge is 0.225 e. The number of anilines is 1. The van der Waals surface area contributed by atoms with Gasteiger partial charge in [-0.2, -0.15) is 0 Å². The number of rotatable bonds is 4. The summed E-state index contributed by atoms with van der Waals surface area (Å²) in [5.74, 6) is 1.24. The van der Waals surface area contributed by atoms with E-state index in [1.54, 1.807) is 0 Å². The van der Waals surface area contributed by atoms with Crippen LogP contribution >= 0.6 is 0 Å². The Hall–Kier alpha value is -1.21. The van der Waals surface area contributed by atoms with Crippen LogP contribution in [0, 0.1) is 10.7 Å². The molecular weight excluding hydrogens is 300 g/mol. The third kappa shape index (κ3) is 4.91. The zero-order chi connectivity index (χ0) is 16.4. The van der Waals surface area contributed by atoms with Crippen molar-refractivity contribution in [1.29, 1.82) is 4.78 Å². The highest BCUT2D eigenvalue weighted by molar-refractivity contribution is 7.91. The number of nitrogens with one attached hydrogen (secondary N) is 1. The van der Waals surface area contributed by atoms with Crippen LogP contribution in [0.4, 0.5) is 5.95 Å². The first-order valence-corrected chi connectivity index (χ1v) is 9.56. The molecule has 1 N–H and O–H groups in total. The van der Waals surface area contributed by atoms with E-state index in [2.05, 4.69) is 35.6 Å². The van der Waals surface area contributed by atoms with Gasteiger partial charge < -0.3 is 9.64 Å². The predicted molar refractivity (Wildman–Crippen MR) is 87.7 cm³/mol. The van der Waals surface area contributed by atoms with Gasteiger partial charge in [0.05, 0.1) is 26.8 Å². The molecule has 0 bridgehead atoms. The number of ether oxygens (including phenoxy) is 1. The van der Waals surface area contributed by atoms with E-state index in [1.807, 2.05) is 0 Å². The molecule has 1 aliphatic heterocycles. The highest BCUT2D eigenvalue weighted by atomic mass is 32.2. The molecule has 1 atom stereocenters. The highest BCUT2D eigenvalue weighted by Crippen LogP contribution is 2.22. The highest BCUT2D eigenvalue weighted by Gasteiger charge is 2.23. The molecule has 1 aliphatic rings. The molecule has 2 heterocycles. The topological polar surface area (TPSA) is 79.2 Å². The van der Waals surface area contributed by atoms with E-state index in [1.165, 1.54) is 18.6 Å². The van der Waals surface area contributed by atoms with Crippen LogP contribution in [0.5, 0.6) is 0 Å². The zero-order valence-corrected chi connectivity index (χ0v) is 14.7. The van der Waals surface area contributed by atoms with E-state index in [4.69, 9.17) is 9.52 Å². The Morgan fingerprint density at radius 3 is 2.32 bits per heavy atom. The van der Waals surface area contributed by atoms with E-state index < -0.39 is 9.73 Å². The van der Waals surface area contributed by atoms with Gasteiger partial charge >= 0.3 is 0 Å². The minimum absolute atomic E-state index is 0.0837. The molecule has 0 spiro atoms. The predicted octanol–water partition coefficient (Wildman–Crippen LogP) is 2.54. The van der Waals surface area contributed by atoms with Gasteiger partial charge in [0.1, 0.15) is 0 Å². The van der Waals surface area contributed by atoms with Crippen LogP contribution in [0.1, 0.15) is 33.6 Å². The van der Waals surface area contributed by atoms with E-state index in [-0.39, 0.29) is 5.60 Å². The molecule has 0 saturated carbocycles. The molecule has 1 unspecified atom stereocenters. The second-order valence-corrected chi connectivity index (χ2v) is 9.07. The van der Waals surface area contributed by atoms with Crippen molar-refractivity contribution in [2.75, 3.05) is 30.9 Å². The lowest BCUT2D eigenvalue weighted by atomic mass is 9.98. The fraction of sp³-hybridized carbons (Fsp3) is 0.733. The fourth-order valence-corrected chi connectivity index (χ4v) is 2.85. The van der Waals surface area contributed by atoms with Gasteiger partial charge in [-0.15, -0.1) is 0 Å². The summed E-state index contributed by atoms with van der Waals surface area (Å²) < 4.78 is 25.0. The second-order valence-electron chi connectivity index (χ2n) is 6.92. The van der Waals surface area contributed by atoms with Gasteiger partial charge in [0, 0.05) is 31.7 Å². The normalized spacial score (nSPS) is 19.9. The lowest BCUT2D eigenvalue weighted by Gasteiger charge is -2.33. The Morgan fingerprint density at radius 1 is 1.32 bits per heavy atom. The lowest BCUT2D eigenvalue weighted by Crippen LogP contribution is -2.37. The minimum Gasteiger partial charge on any atom is -0.376 e. The summed E-state index contributed by atoms with van der Waals surface area (Å²) in [5.41, 5.74) is -0.0837. The van der Waals surface area contributed by atoms with Crippen molar-refractivity contribution < 1.29 is 8.95 Å². The summed E-state index contributed by atoms with van der Waals surface area (Å²) in [6.07, 6.45) is 6.51. The summed E-state index contributed by atoms with van der Waals surface area (Å²) in [5, 5.41) is 0. The van der Waals surface area contributed by atoms with Crippen LogP contribution < -0.4 is 4.90 Å². The molecule has 6 nitrogen and oxygen atoms in total. The number of hydrogen-bond acceptors (Lipinski definition) is 6. The molecule has 2 rings (SSSR count). The van der Waals surface area contributed by atoms with E-state index >= 15 is 0 Å². The van der Waals surface area contributed by atoms with Gasteiger partial charge in [-0.25, -0.2) is 19.0 Å². The number of piperidine rings is 1. The molecule has 7 heteroatoms. The first kappa shape index (κ1) is 17.1. The molecule has 0 aliphatic carbocycles. The zero-order valence-electron chi connectivity index (χ0n) is 13.8. The van der Waals surface area contributed by atoms with Gasteiger partial charge in [0.2, 0.25) is 5.95 Å². The number of nitrogens with zero attached hydrogens (tertiary/aromatic N) is 3. The molecule has 1 aromatic heterocycles. The average Bonchev–Trinajstić information content (AvgIpc) is 2.44. The molecule has 0 aromatic carbocycles. The van der Waals surface area contributed by atoms with Crippen molar-refractivity contribution in [3.8, 4) is 0 Å². The molecular formula is C15H26N4O2S. The number of aromatic nitrogens is 2. The first-order chi connectivity index (χ1) is 10.1. The quantitative estimate of drug-likeness (QED) is 0.920. The lowest BCUT2D eigenvalue weighted by molar-refractivity contribution is -0.0257. The standard InChI is InChI=1S/C15H26N4O2S/c1-15(2,3)21-11-12-5-7-19(8-6-12)14-17-9-13(10-18-14)22(4,16)20/h9-10,12,16H,5-8,11H2,1-4H3. The third-order valence-electron chi connectivity index (χ3n) is 3.71. The molecule has 124 valence electrons.